The van der Waals surface area contributed by atoms with Gasteiger partial charge in [0.2, 0.25) is 5.97 Å². The van der Waals surface area contributed by atoms with Crippen LogP contribution in [0.25, 0.3) is 0 Å². The maximum Gasteiger partial charge on any atom is 1.00 e. The number of carbonyl (C=O) groups is 6. The summed E-state index contributed by atoms with van der Waals surface area (Å²) in [6, 6.07) is 1.01. The number of rotatable bonds is 23. The van der Waals surface area contributed by atoms with E-state index in [0.29, 0.717) is 151 Å². The summed E-state index contributed by atoms with van der Waals surface area (Å²) in [5.41, 5.74) is 10.3. The average Bonchev–Trinajstić information content (AvgIpc) is 1.56. The summed E-state index contributed by atoms with van der Waals surface area (Å²) in [5.74, 6) is 5.94. The minimum absolute atomic E-state index is 0. The van der Waals surface area contributed by atoms with Gasteiger partial charge in [-0.05, 0) is 206 Å². The number of piperidine rings is 2. The molecule has 0 aromatic heterocycles. The van der Waals surface area contributed by atoms with Crippen molar-refractivity contribution in [1.82, 2.24) is 10.2 Å². The van der Waals surface area contributed by atoms with Crippen molar-refractivity contribution in [2.24, 2.45) is 70.0 Å². The second-order valence-corrected chi connectivity index (χ2v) is 33.4. The summed E-state index contributed by atoms with van der Waals surface area (Å²) in [5, 5.41) is 3.85. The number of ether oxygens (including phenoxy) is 11. The molecule has 5 aliphatic heterocycles. The van der Waals surface area contributed by atoms with Crippen molar-refractivity contribution in [3.63, 3.8) is 0 Å². The van der Waals surface area contributed by atoms with Gasteiger partial charge in [-0.2, -0.15) is 0 Å². The van der Waals surface area contributed by atoms with E-state index in [-0.39, 0.29) is 58.2 Å². The summed E-state index contributed by atoms with van der Waals surface area (Å²) < 4.78 is 64.9. The van der Waals surface area contributed by atoms with Crippen LogP contribution >= 0.6 is 0 Å². The fourth-order valence-corrected chi connectivity index (χ4v) is 21.1. The molecule has 8 aliphatic carbocycles. The largest absolute Gasteiger partial charge is 1.00 e. The molecule has 0 unspecified atom stereocenters. The number of hydrogen-bond acceptors (Lipinski definition) is 22. The van der Waals surface area contributed by atoms with Crippen molar-refractivity contribution in [2.45, 2.75) is 240 Å². The minimum Gasteiger partial charge on any atom is -0.793 e. The van der Waals surface area contributed by atoms with Gasteiger partial charge < -0.3 is 74.9 Å². The molecule has 13 aliphatic rings. The molecule has 605 valence electrons. The van der Waals surface area contributed by atoms with Crippen LogP contribution in [0.15, 0.2) is 45.6 Å². The third-order valence-electron chi connectivity index (χ3n) is 26.4. The van der Waals surface area contributed by atoms with Crippen LogP contribution in [0.3, 0.4) is 0 Å². The summed E-state index contributed by atoms with van der Waals surface area (Å²) in [6.07, 6.45) is 28.6. The van der Waals surface area contributed by atoms with Crippen molar-refractivity contribution >= 4 is 43.8 Å². The first-order valence-corrected chi connectivity index (χ1v) is 40.7. The van der Waals surface area contributed by atoms with Gasteiger partial charge in [-0.25, -0.2) is 19.4 Å². The third kappa shape index (κ3) is 24.7. The molecule has 24 heteroatoms. The maximum absolute atomic E-state index is 12.3. The predicted octanol–water partition coefficient (Wildman–Crippen LogP) is 8.95. The average molecular weight is 1530 g/mol. The van der Waals surface area contributed by atoms with Gasteiger partial charge in [-0.3, -0.25) is 19.3 Å². The number of methoxy groups -OCH3 is 2. The fraction of sp³-hybridized carbons (Fsp3) is 0.833. The standard InChI is InChI=1S/C37H59NO6.C28H41NO2.C9H18O5.C4H6O4.C4H8O.C2H3BO2.Na/c1-25-20-34-35(38(24-25)12-13-41-16-17-43-19-18-42-15-14-40-5)27(3)37(44-34)11-9-30-31-7-6-28-21-29(39)8-10-36(28,4)33(31)22-32(30)26(2)23-37;1-16-11-25-26(29-15-16)18(3)28(31-25)10-8-21-22-6-5-19-12-20(30)7-9-27(19,4)24(22)13-23(21)17(2)14-28;1-11-4-5-13-8-9-14-7-6-12-3-2-10;1-3(5)7-8-4(2)6;1-2-4-5-3-1;1-2(4)5-3;/h21,25,27,30-31,33-35H,6-20,22-24H2,1-5H3;12,16,18,21-22,24-26,29H,5-11,13-15H2,1-4H3;2H,3-9H2,1H3;1-2H3;1-4H2;1H3;/q;;;;;-1;+1/t25-,27+,30-,31-,33-,34+,35-,36-,37-;16-,18+,21-,22-,24-,25+,26-,27-,28-;;;;;/m00...../s1. The van der Waals surface area contributed by atoms with E-state index in [1.807, 2.05) is 12.2 Å². The summed E-state index contributed by atoms with van der Waals surface area (Å²) in [7, 11) is 7.63. The normalized spacial score (nSPS) is 34.6. The van der Waals surface area contributed by atoms with Crippen LogP contribution in [0.4, 0.5) is 0 Å². The molecule has 0 aromatic rings. The molecule has 22 nitrogen and oxygen atoms in total. The van der Waals surface area contributed by atoms with Crippen molar-refractivity contribution in [2.75, 3.05) is 140 Å². The number of allylic oxidation sites excluding steroid dienone is 6. The third-order valence-corrected chi connectivity index (χ3v) is 26.4. The molecule has 2 spiro atoms. The van der Waals surface area contributed by atoms with E-state index in [1.165, 1.54) is 95.1 Å². The van der Waals surface area contributed by atoms with Crippen LogP contribution in [0.2, 0.25) is 0 Å². The molecule has 5 saturated heterocycles. The molecular formula is C84H135BN2NaO20. The fourth-order valence-electron chi connectivity index (χ4n) is 21.1. The Labute approximate surface area is 670 Å². The molecule has 0 aromatic carbocycles. The van der Waals surface area contributed by atoms with E-state index in [0.717, 1.165) is 134 Å². The van der Waals surface area contributed by atoms with E-state index < -0.39 is 17.9 Å². The Kier molecular flexibility index (Phi) is 38.6. The zero-order valence-electron chi connectivity index (χ0n) is 68.6. The van der Waals surface area contributed by atoms with Crippen LogP contribution in [-0.2, 0) is 95.3 Å². The second kappa shape index (κ2) is 45.3. The first-order chi connectivity index (χ1) is 51.4. The molecule has 13 rings (SSSR count). The van der Waals surface area contributed by atoms with E-state index in [4.69, 9.17) is 52.1 Å². The van der Waals surface area contributed by atoms with Gasteiger partial charge >= 0.3 is 41.5 Å². The maximum atomic E-state index is 12.3. The Balaban J connectivity index is 0.000000218. The SMILES string of the molecule is C1CCOC1.CC(=O)OOC(C)=O.CC1=C2C[C@H]3[C@@H](CCC4=CC(=O)CC[C@@]43C)[C@@H]2CC[C@@]2(C1)O[C@@H]1C[C@H](C)CN[C@H]1[C@H]2C.COCCOCCOCCOCC=O.COCCOCCOCCOCCN1C[C@@H](C)C[C@H]2O[C@]3(CC[C@@H]4C(=C(C)C3)C[C@H]3[C@H]4CCC4=CC(=O)CC[C@@]43C)[C@H](C)[C@@H]21.[B-]OC(C)=O.[Na+]. The Morgan fingerprint density at radius 1 is 0.583 bits per heavy atom. The Bertz CT molecular complexity index is 2980. The molecule has 9 fully saturated rings. The number of aldehydes is 1. The van der Waals surface area contributed by atoms with E-state index in [1.54, 1.807) is 36.5 Å². The number of carbonyl (C=O) groups excluding carboxylic acids is 6. The molecule has 5 heterocycles. The first kappa shape index (κ1) is 92.1. The van der Waals surface area contributed by atoms with Crippen molar-refractivity contribution in [1.29, 1.82) is 0 Å². The van der Waals surface area contributed by atoms with Gasteiger partial charge in [0.05, 0.1) is 109 Å². The molecule has 18 atom stereocenters. The number of nitrogens with zero attached hydrogens (tertiary/aromatic N) is 1. The van der Waals surface area contributed by atoms with Crippen molar-refractivity contribution in [3.8, 4) is 0 Å². The Morgan fingerprint density at radius 2 is 1.02 bits per heavy atom. The number of nitrogens with one attached hydrogen (secondary N) is 1. The zero-order valence-corrected chi connectivity index (χ0v) is 70.6. The van der Waals surface area contributed by atoms with Gasteiger partial charge in [0, 0.05) is 98.1 Å². The number of ketones is 2. The smallest absolute Gasteiger partial charge is 0.793 e. The Hall–Kier alpha value is -3.08. The van der Waals surface area contributed by atoms with Crippen LogP contribution in [0.1, 0.15) is 205 Å². The zero-order chi connectivity index (χ0) is 77.3. The summed E-state index contributed by atoms with van der Waals surface area (Å²) in [4.78, 5) is 73.7. The molecule has 0 amide bonds. The molecular weight excluding hydrogens is 1390 g/mol. The topological polar surface area (TPSA) is 247 Å². The number of hydrogen-bond donors (Lipinski definition) is 1. The minimum atomic E-state index is -0.639. The van der Waals surface area contributed by atoms with Gasteiger partial charge in [-0.1, -0.05) is 75.0 Å². The van der Waals surface area contributed by atoms with Crippen LogP contribution in [0, 0.1) is 70.0 Å². The summed E-state index contributed by atoms with van der Waals surface area (Å²) in [6.45, 7) is 36.0. The molecule has 0 bridgehead atoms. The van der Waals surface area contributed by atoms with Crippen LogP contribution in [0.5, 0.6) is 0 Å². The first-order valence-electron chi connectivity index (χ1n) is 40.7. The molecule has 3 radical (unpaired) electrons. The van der Waals surface area contributed by atoms with Crippen LogP contribution in [-0.4, -0.2) is 224 Å². The van der Waals surface area contributed by atoms with E-state index in [9.17, 15) is 28.8 Å². The van der Waals surface area contributed by atoms with Gasteiger partial charge in [0.25, 0.3) is 0 Å². The predicted molar refractivity (Wildman–Crippen MR) is 407 cm³/mol. The van der Waals surface area contributed by atoms with Gasteiger partial charge in [0.1, 0.15) is 12.9 Å². The quantitative estimate of drug-likeness (QED) is 0.0250. The van der Waals surface area contributed by atoms with Gasteiger partial charge in [-0.15, -0.1) is 0 Å². The van der Waals surface area contributed by atoms with E-state index >= 15 is 0 Å². The van der Waals surface area contributed by atoms with Crippen molar-refractivity contribution in [3.05, 3.63) is 45.6 Å². The number of fused-ring (bicyclic) bond motifs is 12. The van der Waals surface area contributed by atoms with E-state index in [2.05, 4.69) is 88.1 Å². The number of likely N-dealkylation sites (tertiary alicyclic amines) is 1. The van der Waals surface area contributed by atoms with Crippen LogP contribution < -0.4 is 34.9 Å². The second-order valence-electron chi connectivity index (χ2n) is 33.4. The molecule has 108 heavy (non-hydrogen) atoms. The molecule has 1 N–H and O–H groups in total. The summed E-state index contributed by atoms with van der Waals surface area (Å²) >= 11 is 0. The monoisotopic (exact) mass is 1530 g/mol. The van der Waals surface area contributed by atoms with Gasteiger partial charge in [0.15, 0.2) is 11.6 Å². The Morgan fingerprint density at radius 3 is 1.45 bits per heavy atom. The van der Waals surface area contributed by atoms with Crippen molar-refractivity contribution < 1.29 is 125 Å². The molecule has 4 saturated carbocycles.